The summed E-state index contributed by atoms with van der Waals surface area (Å²) >= 11 is 13.9. The van der Waals surface area contributed by atoms with Gasteiger partial charge in [-0.05, 0) is 18.6 Å². The van der Waals surface area contributed by atoms with Gasteiger partial charge in [-0.3, -0.25) is 0 Å². The van der Waals surface area contributed by atoms with Crippen molar-refractivity contribution in [2.75, 3.05) is 5.88 Å². The van der Waals surface area contributed by atoms with Crippen LogP contribution in [0.5, 0.6) is 0 Å². The van der Waals surface area contributed by atoms with E-state index in [1.165, 1.54) is 4.88 Å². The Morgan fingerprint density at radius 3 is 2.90 bits per heavy atom. The summed E-state index contributed by atoms with van der Waals surface area (Å²) in [5.41, 5.74) is 1.88. The highest BCUT2D eigenvalue weighted by Crippen LogP contribution is 2.26. The molecule has 0 aliphatic heterocycles. The second-order valence-electron chi connectivity index (χ2n) is 4.73. The molecule has 0 aliphatic rings. The summed E-state index contributed by atoms with van der Waals surface area (Å²) in [6, 6.07) is 5.86. The van der Waals surface area contributed by atoms with Crippen molar-refractivity contribution in [2.24, 2.45) is 0 Å². The Morgan fingerprint density at radius 2 is 2.19 bits per heavy atom. The van der Waals surface area contributed by atoms with Gasteiger partial charge in [0, 0.05) is 23.4 Å². The fourth-order valence-electron chi connectivity index (χ4n) is 2.33. The predicted molar refractivity (Wildman–Crippen MR) is 89.8 cm³/mol. The molecule has 3 aromatic rings. The van der Waals surface area contributed by atoms with Gasteiger partial charge in [0.1, 0.15) is 16.3 Å². The average molecular weight is 340 g/mol. The number of nitrogens with zero attached hydrogens (tertiary/aromatic N) is 3. The molecule has 110 valence electrons. The molecule has 0 fully saturated rings. The smallest absolute Gasteiger partial charge is 0.113 e. The Kier molecular flexibility index (Phi) is 4.48. The molecule has 21 heavy (non-hydrogen) atoms. The van der Waals surface area contributed by atoms with Gasteiger partial charge < -0.3 is 4.57 Å². The van der Waals surface area contributed by atoms with E-state index < -0.39 is 0 Å². The molecule has 3 nitrogen and oxygen atoms in total. The fraction of sp³-hybridized carbons (Fsp3) is 0.333. The first-order valence-corrected chi connectivity index (χ1v) is 8.59. The topological polar surface area (TPSA) is 30.7 Å². The van der Waals surface area contributed by atoms with Crippen LogP contribution in [-0.4, -0.2) is 20.4 Å². The first-order chi connectivity index (χ1) is 10.2. The number of rotatable bonds is 5. The SMILES string of the molecule is CCc1cnc(Cn2c(CCCl)nc3c(Cl)cccc32)s1. The third-order valence-electron chi connectivity index (χ3n) is 3.37. The van der Waals surface area contributed by atoms with Gasteiger partial charge in [-0.15, -0.1) is 22.9 Å². The van der Waals surface area contributed by atoms with Gasteiger partial charge in [-0.1, -0.05) is 24.6 Å². The molecule has 0 spiro atoms. The van der Waals surface area contributed by atoms with Crippen molar-refractivity contribution in [1.82, 2.24) is 14.5 Å². The second-order valence-corrected chi connectivity index (χ2v) is 6.72. The Bertz CT molecular complexity index is 763. The van der Waals surface area contributed by atoms with Crippen LogP contribution in [0.3, 0.4) is 0 Å². The number of imidazole rings is 1. The number of thiazole rings is 1. The van der Waals surface area contributed by atoms with E-state index in [9.17, 15) is 0 Å². The van der Waals surface area contributed by atoms with Gasteiger partial charge in [0.05, 0.1) is 17.1 Å². The highest BCUT2D eigenvalue weighted by molar-refractivity contribution is 7.11. The van der Waals surface area contributed by atoms with Crippen LogP contribution in [0.2, 0.25) is 5.02 Å². The summed E-state index contributed by atoms with van der Waals surface area (Å²) < 4.78 is 2.17. The van der Waals surface area contributed by atoms with Crippen molar-refractivity contribution in [3.05, 3.63) is 45.1 Å². The number of fused-ring (bicyclic) bond motifs is 1. The molecule has 0 saturated carbocycles. The molecule has 0 radical (unpaired) electrons. The Balaban J connectivity index is 2.06. The van der Waals surface area contributed by atoms with Crippen LogP contribution in [-0.2, 0) is 19.4 Å². The highest BCUT2D eigenvalue weighted by atomic mass is 35.5. The van der Waals surface area contributed by atoms with E-state index in [0.717, 1.165) is 34.7 Å². The third kappa shape index (κ3) is 2.93. The molecule has 1 aromatic carbocycles. The van der Waals surface area contributed by atoms with E-state index in [1.807, 2.05) is 24.4 Å². The minimum Gasteiger partial charge on any atom is -0.321 e. The maximum absolute atomic E-state index is 6.25. The van der Waals surface area contributed by atoms with Gasteiger partial charge in [0.2, 0.25) is 0 Å². The normalized spacial score (nSPS) is 11.4. The van der Waals surface area contributed by atoms with Crippen LogP contribution in [0.4, 0.5) is 0 Å². The van der Waals surface area contributed by atoms with Crippen LogP contribution in [0.1, 0.15) is 22.6 Å². The van der Waals surface area contributed by atoms with E-state index in [2.05, 4.69) is 21.5 Å². The zero-order valence-corrected chi connectivity index (χ0v) is 14.0. The lowest BCUT2D eigenvalue weighted by molar-refractivity contribution is 0.750. The number of alkyl halides is 1. The van der Waals surface area contributed by atoms with Gasteiger partial charge in [0.25, 0.3) is 0 Å². The van der Waals surface area contributed by atoms with Crippen molar-refractivity contribution in [1.29, 1.82) is 0 Å². The molecule has 6 heteroatoms. The molecule has 2 heterocycles. The number of hydrogen-bond acceptors (Lipinski definition) is 3. The van der Waals surface area contributed by atoms with E-state index >= 15 is 0 Å². The second kappa shape index (κ2) is 6.34. The van der Waals surface area contributed by atoms with E-state index in [0.29, 0.717) is 17.4 Å². The van der Waals surface area contributed by atoms with E-state index in [4.69, 9.17) is 23.2 Å². The van der Waals surface area contributed by atoms with Crippen LogP contribution in [0, 0.1) is 0 Å². The molecule has 0 N–H and O–H groups in total. The summed E-state index contributed by atoms with van der Waals surface area (Å²) in [7, 11) is 0. The monoisotopic (exact) mass is 339 g/mol. The maximum atomic E-state index is 6.25. The van der Waals surface area contributed by atoms with Crippen molar-refractivity contribution >= 4 is 45.6 Å². The molecular formula is C15H15Cl2N3S. The van der Waals surface area contributed by atoms with Crippen LogP contribution in [0.15, 0.2) is 24.4 Å². The maximum Gasteiger partial charge on any atom is 0.113 e. The third-order valence-corrected chi connectivity index (χ3v) is 4.99. The molecule has 0 unspecified atom stereocenters. The van der Waals surface area contributed by atoms with Crippen molar-refractivity contribution in [3.8, 4) is 0 Å². The molecule has 0 saturated heterocycles. The number of hydrogen-bond donors (Lipinski definition) is 0. The Morgan fingerprint density at radius 1 is 1.33 bits per heavy atom. The molecule has 0 bridgehead atoms. The molecule has 3 rings (SSSR count). The summed E-state index contributed by atoms with van der Waals surface area (Å²) in [5, 5.41) is 1.76. The summed E-state index contributed by atoms with van der Waals surface area (Å²) in [6.45, 7) is 2.86. The summed E-state index contributed by atoms with van der Waals surface area (Å²) in [6.07, 6.45) is 3.69. The molecule has 0 atom stereocenters. The average Bonchev–Trinajstić information content (AvgIpc) is 3.07. The lowest BCUT2D eigenvalue weighted by atomic mass is 10.3. The number of aryl methyl sites for hydroxylation is 2. The van der Waals surface area contributed by atoms with Gasteiger partial charge in [0.15, 0.2) is 0 Å². The molecule has 0 aliphatic carbocycles. The predicted octanol–water partition coefficient (Wildman–Crippen LogP) is 4.54. The van der Waals surface area contributed by atoms with Crippen LogP contribution in [0.25, 0.3) is 11.0 Å². The van der Waals surface area contributed by atoms with Crippen molar-refractivity contribution in [2.45, 2.75) is 26.3 Å². The first kappa shape index (κ1) is 14.8. The lowest BCUT2D eigenvalue weighted by Gasteiger charge is -2.06. The van der Waals surface area contributed by atoms with Crippen LogP contribution < -0.4 is 0 Å². The van der Waals surface area contributed by atoms with Crippen molar-refractivity contribution < 1.29 is 0 Å². The Hall–Kier alpha value is -1.10. The van der Waals surface area contributed by atoms with Gasteiger partial charge >= 0.3 is 0 Å². The van der Waals surface area contributed by atoms with Gasteiger partial charge in [-0.25, -0.2) is 9.97 Å². The standard InChI is InChI=1S/C15H15Cl2N3S/c1-2-10-8-18-14(21-10)9-20-12-5-3-4-11(17)15(12)19-13(20)6-7-16/h3-5,8H,2,6-7,9H2,1H3. The Labute approximate surface area is 137 Å². The zero-order chi connectivity index (χ0) is 14.8. The first-order valence-electron chi connectivity index (χ1n) is 6.86. The van der Waals surface area contributed by atoms with Gasteiger partial charge in [-0.2, -0.15) is 0 Å². The van der Waals surface area contributed by atoms with E-state index in [1.54, 1.807) is 11.3 Å². The van der Waals surface area contributed by atoms with Crippen molar-refractivity contribution in [3.63, 3.8) is 0 Å². The van der Waals surface area contributed by atoms with E-state index in [-0.39, 0.29) is 0 Å². The number of aromatic nitrogens is 3. The lowest BCUT2D eigenvalue weighted by Crippen LogP contribution is -2.05. The number of halogens is 2. The number of benzene rings is 1. The summed E-state index contributed by atoms with van der Waals surface area (Å²) in [5.74, 6) is 1.50. The molecule has 2 aromatic heterocycles. The van der Waals surface area contributed by atoms with Crippen LogP contribution >= 0.6 is 34.5 Å². The largest absolute Gasteiger partial charge is 0.321 e. The zero-order valence-electron chi connectivity index (χ0n) is 11.6. The quantitative estimate of drug-likeness (QED) is 0.639. The molecular weight excluding hydrogens is 325 g/mol. The molecule has 0 amide bonds. The fourth-order valence-corrected chi connectivity index (χ4v) is 3.56. The minimum atomic E-state index is 0.541. The highest BCUT2D eigenvalue weighted by Gasteiger charge is 2.14. The summed E-state index contributed by atoms with van der Waals surface area (Å²) in [4.78, 5) is 10.4. The number of para-hydroxylation sites is 1. The minimum absolute atomic E-state index is 0.541.